The van der Waals surface area contributed by atoms with Crippen LogP contribution < -0.4 is 10.6 Å². The van der Waals surface area contributed by atoms with E-state index in [9.17, 15) is 4.79 Å². The van der Waals surface area contributed by atoms with Gasteiger partial charge >= 0.3 is 0 Å². The molecule has 112 valence electrons. The minimum atomic E-state index is -0.196. The average Bonchev–Trinajstić information content (AvgIpc) is 3.04. The number of hydrogen-bond donors (Lipinski definition) is 3. The van der Waals surface area contributed by atoms with Crippen molar-refractivity contribution in [2.45, 2.75) is 32.7 Å². The molecule has 21 heavy (non-hydrogen) atoms. The van der Waals surface area contributed by atoms with Gasteiger partial charge in [0.05, 0.1) is 6.04 Å². The van der Waals surface area contributed by atoms with Crippen LogP contribution in [0.3, 0.4) is 0 Å². The fourth-order valence-electron chi connectivity index (χ4n) is 1.98. The van der Waals surface area contributed by atoms with Gasteiger partial charge in [0.2, 0.25) is 0 Å². The lowest BCUT2D eigenvalue weighted by molar-refractivity contribution is 0.0929. The molecule has 3 N–H and O–H groups in total. The molecule has 0 radical (unpaired) electrons. The first-order valence-corrected chi connectivity index (χ1v) is 7.25. The lowest BCUT2D eigenvalue weighted by Gasteiger charge is -2.14. The number of carbonyl (C=O) groups excluding carboxylic acids is 1. The van der Waals surface area contributed by atoms with Crippen molar-refractivity contribution in [1.29, 1.82) is 0 Å². The minimum Gasteiger partial charge on any atom is -0.370 e. The summed E-state index contributed by atoms with van der Waals surface area (Å²) in [6.07, 6.45) is 5.19. The van der Waals surface area contributed by atoms with Crippen LogP contribution in [0, 0.1) is 0 Å². The van der Waals surface area contributed by atoms with E-state index in [-0.39, 0.29) is 11.9 Å². The number of amides is 1. The molecule has 0 aromatic carbocycles. The second kappa shape index (κ2) is 7.42. The molecule has 1 amide bonds. The molecule has 6 nitrogen and oxygen atoms in total. The first-order chi connectivity index (χ1) is 10.2. The zero-order valence-corrected chi connectivity index (χ0v) is 12.4. The highest BCUT2D eigenvalue weighted by Crippen LogP contribution is 2.13. The molecule has 2 aromatic rings. The molecular weight excluding hydrogens is 266 g/mol. The molecule has 6 heteroatoms. The van der Waals surface area contributed by atoms with E-state index < -0.39 is 0 Å². The molecule has 1 unspecified atom stereocenters. The van der Waals surface area contributed by atoms with Crippen molar-refractivity contribution >= 4 is 11.7 Å². The molecule has 0 aliphatic rings. The number of pyridine rings is 1. The fraction of sp³-hybridized carbons (Fsp3) is 0.400. The Morgan fingerprint density at radius 1 is 1.38 bits per heavy atom. The smallest absolute Gasteiger partial charge is 0.270 e. The van der Waals surface area contributed by atoms with E-state index in [0.29, 0.717) is 5.69 Å². The molecular formula is C15H21N5O. The summed E-state index contributed by atoms with van der Waals surface area (Å²) in [6.45, 7) is 4.92. The number of aromatic nitrogens is 3. The van der Waals surface area contributed by atoms with E-state index in [1.807, 2.05) is 19.1 Å². The third kappa shape index (κ3) is 4.05. The number of hydrogen-bond acceptors (Lipinski definition) is 4. The van der Waals surface area contributed by atoms with Crippen LogP contribution in [-0.2, 0) is 0 Å². The van der Waals surface area contributed by atoms with Crippen LogP contribution in [0.2, 0.25) is 0 Å². The second-order valence-corrected chi connectivity index (χ2v) is 4.74. The number of imidazole rings is 1. The first kappa shape index (κ1) is 15.0. The van der Waals surface area contributed by atoms with Crippen molar-refractivity contribution in [2.75, 3.05) is 11.9 Å². The van der Waals surface area contributed by atoms with Gasteiger partial charge in [0.15, 0.2) is 0 Å². The minimum absolute atomic E-state index is 0.137. The van der Waals surface area contributed by atoms with Gasteiger partial charge in [-0.2, -0.15) is 0 Å². The van der Waals surface area contributed by atoms with Gasteiger partial charge in [0.1, 0.15) is 17.3 Å². The predicted molar refractivity (Wildman–Crippen MR) is 82.1 cm³/mol. The summed E-state index contributed by atoms with van der Waals surface area (Å²) in [5.41, 5.74) is 0.404. The van der Waals surface area contributed by atoms with Crippen LogP contribution in [0.4, 0.5) is 5.82 Å². The maximum atomic E-state index is 12.3. The molecule has 0 bridgehead atoms. The van der Waals surface area contributed by atoms with Gasteiger partial charge in [-0.25, -0.2) is 9.97 Å². The van der Waals surface area contributed by atoms with Crippen LogP contribution in [0.1, 0.15) is 49.0 Å². The number of anilines is 1. The standard InChI is InChI=1S/C15H21N5O/c1-3-8-16-13-7-5-6-12(19-13)15(21)20-11(4-2)14-17-9-10-18-14/h5-7,9-11H,3-4,8H2,1-2H3,(H,16,19)(H,17,18)(H,20,21). The van der Waals surface area contributed by atoms with Gasteiger partial charge in [-0.3, -0.25) is 4.79 Å². The zero-order valence-electron chi connectivity index (χ0n) is 12.4. The van der Waals surface area contributed by atoms with Crippen molar-refractivity contribution in [3.05, 3.63) is 42.1 Å². The lowest BCUT2D eigenvalue weighted by Crippen LogP contribution is -2.29. The third-order valence-corrected chi connectivity index (χ3v) is 3.10. The Morgan fingerprint density at radius 2 is 2.24 bits per heavy atom. The summed E-state index contributed by atoms with van der Waals surface area (Å²) in [5.74, 6) is 1.28. The highest BCUT2D eigenvalue weighted by molar-refractivity contribution is 5.92. The number of H-pyrrole nitrogens is 1. The largest absolute Gasteiger partial charge is 0.370 e. The van der Waals surface area contributed by atoms with Crippen LogP contribution in [0.5, 0.6) is 0 Å². The van der Waals surface area contributed by atoms with Gasteiger partial charge < -0.3 is 15.6 Å². The Kier molecular flexibility index (Phi) is 5.31. The van der Waals surface area contributed by atoms with Gasteiger partial charge in [0.25, 0.3) is 5.91 Å². The lowest BCUT2D eigenvalue weighted by atomic mass is 10.2. The van der Waals surface area contributed by atoms with Gasteiger partial charge in [-0.15, -0.1) is 0 Å². The van der Waals surface area contributed by atoms with Crippen molar-refractivity contribution in [2.24, 2.45) is 0 Å². The number of aromatic amines is 1. The van der Waals surface area contributed by atoms with Crippen LogP contribution in [-0.4, -0.2) is 27.4 Å². The summed E-state index contributed by atoms with van der Waals surface area (Å²) in [6, 6.07) is 5.26. The van der Waals surface area contributed by atoms with E-state index >= 15 is 0 Å². The maximum Gasteiger partial charge on any atom is 0.270 e. The Bertz CT molecular complexity index is 567. The van der Waals surface area contributed by atoms with Gasteiger partial charge in [-0.1, -0.05) is 19.9 Å². The van der Waals surface area contributed by atoms with E-state index in [4.69, 9.17) is 0 Å². The summed E-state index contributed by atoms with van der Waals surface area (Å²) in [5, 5.41) is 6.12. The van der Waals surface area contributed by atoms with Gasteiger partial charge in [0, 0.05) is 18.9 Å². The molecule has 0 aliphatic carbocycles. The molecule has 0 saturated heterocycles. The zero-order chi connectivity index (χ0) is 15.1. The number of nitrogens with zero attached hydrogens (tertiary/aromatic N) is 2. The Morgan fingerprint density at radius 3 is 2.90 bits per heavy atom. The summed E-state index contributed by atoms with van der Waals surface area (Å²) >= 11 is 0. The Hall–Kier alpha value is -2.37. The highest BCUT2D eigenvalue weighted by atomic mass is 16.1. The third-order valence-electron chi connectivity index (χ3n) is 3.10. The normalized spacial score (nSPS) is 11.9. The number of nitrogens with one attached hydrogen (secondary N) is 3. The quantitative estimate of drug-likeness (QED) is 0.730. The maximum absolute atomic E-state index is 12.3. The van der Waals surface area contributed by atoms with Crippen molar-refractivity contribution in [1.82, 2.24) is 20.3 Å². The molecule has 1 atom stereocenters. The van der Waals surface area contributed by atoms with E-state index in [0.717, 1.165) is 31.0 Å². The Balaban J connectivity index is 2.05. The van der Waals surface area contributed by atoms with Crippen LogP contribution in [0.15, 0.2) is 30.6 Å². The van der Waals surface area contributed by atoms with Crippen molar-refractivity contribution in [3.8, 4) is 0 Å². The molecule has 2 aromatic heterocycles. The predicted octanol–water partition coefficient (Wildman–Crippen LogP) is 2.51. The number of carbonyl (C=O) groups is 1. The highest BCUT2D eigenvalue weighted by Gasteiger charge is 2.16. The molecule has 0 fully saturated rings. The topological polar surface area (TPSA) is 82.7 Å². The molecule has 2 rings (SSSR count). The SMILES string of the molecule is CCCNc1cccc(C(=O)NC(CC)c2ncc[nH]2)n1. The fourth-order valence-corrected chi connectivity index (χ4v) is 1.98. The average molecular weight is 287 g/mol. The molecule has 0 spiro atoms. The van der Waals surface area contributed by atoms with Crippen molar-refractivity contribution < 1.29 is 4.79 Å². The first-order valence-electron chi connectivity index (χ1n) is 7.25. The summed E-state index contributed by atoms with van der Waals surface area (Å²) < 4.78 is 0. The molecule has 0 aliphatic heterocycles. The second-order valence-electron chi connectivity index (χ2n) is 4.74. The van der Waals surface area contributed by atoms with E-state index in [1.54, 1.807) is 18.5 Å². The van der Waals surface area contributed by atoms with Gasteiger partial charge in [-0.05, 0) is 25.0 Å². The van der Waals surface area contributed by atoms with Crippen molar-refractivity contribution in [3.63, 3.8) is 0 Å². The van der Waals surface area contributed by atoms with Crippen LogP contribution in [0.25, 0.3) is 0 Å². The molecule has 2 heterocycles. The van der Waals surface area contributed by atoms with E-state index in [1.165, 1.54) is 0 Å². The summed E-state index contributed by atoms with van der Waals surface area (Å²) in [4.78, 5) is 23.8. The molecule has 0 saturated carbocycles. The monoisotopic (exact) mass is 287 g/mol. The van der Waals surface area contributed by atoms with E-state index in [2.05, 4.69) is 32.5 Å². The van der Waals surface area contributed by atoms with Crippen LogP contribution >= 0.6 is 0 Å². The summed E-state index contributed by atoms with van der Waals surface area (Å²) in [7, 11) is 0. The Labute approximate surface area is 124 Å². The number of rotatable bonds is 7.